The van der Waals surface area contributed by atoms with Gasteiger partial charge in [0.25, 0.3) is 0 Å². The Morgan fingerprint density at radius 1 is 1.44 bits per heavy atom. The molecule has 0 bridgehead atoms. The maximum Gasteiger partial charge on any atom is 0.231 e. The van der Waals surface area contributed by atoms with E-state index in [2.05, 4.69) is 10.3 Å². The number of amides is 1. The van der Waals surface area contributed by atoms with Gasteiger partial charge < -0.3 is 15.6 Å². The highest BCUT2D eigenvalue weighted by atomic mass is 35.5. The molecule has 0 aromatic carbocycles. The van der Waals surface area contributed by atoms with Gasteiger partial charge in [0, 0.05) is 24.6 Å². The van der Waals surface area contributed by atoms with Crippen LogP contribution in [0.4, 0.5) is 0 Å². The molecule has 0 aliphatic heterocycles. The topological polar surface area (TPSA) is 72.9 Å². The zero-order valence-electron chi connectivity index (χ0n) is 9.64. The number of hydrogen-bond donors (Lipinski definition) is 2. The van der Waals surface area contributed by atoms with Crippen molar-refractivity contribution < 1.29 is 4.79 Å². The fourth-order valence-electron chi connectivity index (χ4n) is 1.67. The number of aromatic nitrogens is 2. The first-order chi connectivity index (χ1) is 8.68. The first kappa shape index (κ1) is 12.6. The molecule has 2 aromatic rings. The maximum absolute atomic E-state index is 10.7. The van der Waals surface area contributed by atoms with Crippen LogP contribution in [0, 0.1) is 0 Å². The molecule has 0 saturated carbocycles. The molecule has 5 nitrogen and oxygen atoms in total. The molecule has 6 heteroatoms. The van der Waals surface area contributed by atoms with E-state index < -0.39 is 0 Å². The lowest BCUT2D eigenvalue weighted by Gasteiger charge is -2.10. The second-order valence-corrected chi connectivity index (χ2v) is 4.11. The molecule has 18 heavy (non-hydrogen) atoms. The van der Waals surface area contributed by atoms with Gasteiger partial charge in [-0.25, -0.2) is 4.98 Å². The summed E-state index contributed by atoms with van der Waals surface area (Å²) in [4.78, 5) is 14.7. The summed E-state index contributed by atoms with van der Waals surface area (Å²) in [6.07, 6.45) is 3.53. The Kier molecular flexibility index (Phi) is 3.96. The summed E-state index contributed by atoms with van der Waals surface area (Å²) in [6.45, 7) is 0.674. The Morgan fingerprint density at radius 2 is 2.28 bits per heavy atom. The number of nitrogens with zero attached hydrogens (tertiary/aromatic N) is 2. The van der Waals surface area contributed by atoms with Crippen LogP contribution < -0.4 is 11.1 Å². The first-order valence-corrected chi connectivity index (χ1v) is 5.82. The number of nitrogens with two attached hydrogens (primary N) is 1. The van der Waals surface area contributed by atoms with Crippen LogP contribution in [0.25, 0.3) is 5.69 Å². The number of pyridine rings is 1. The molecule has 0 aliphatic rings. The molecule has 2 rings (SSSR count). The summed E-state index contributed by atoms with van der Waals surface area (Å²) in [6, 6.07) is 7.55. The number of carbonyl (C=O) groups excluding carboxylic acids is 1. The second kappa shape index (κ2) is 5.66. The molecule has 94 valence electrons. The molecule has 0 unspecified atom stereocenters. The molecule has 0 atom stereocenters. The van der Waals surface area contributed by atoms with Crippen molar-refractivity contribution in [3.8, 4) is 5.69 Å². The fraction of sp³-hybridized carbons (Fsp3) is 0.167. The van der Waals surface area contributed by atoms with Gasteiger partial charge >= 0.3 is 0 Å². The minimum Gasteiger partial charge on any atom is -0.369 e. The molecule has 2 aromatic heterocycles. The number of nitrogens with one attached hydrogen (secondary N) is 1. The lowest BCUT2D eigenvalue weighted by Crippen LogP contribution is -2.28. The lowest BCUT2D eigenvalue weighted by atomic mass is 10.3. The lowest BCUT2D eigenvalue weighted by molar-refractivity contribution is -0.117. The smallest absolute Gasteiger partial charge is 0.231 e. The zero-order chi connectivity index (χ0) is 13.0. The molecular weight excluding hydrogens is 252 g/mol. The number of carbonyl (C=O) groups is 1. The van der Waals surface area contributed by atoms with Crippen LogP contribution in [0.5, 0.6) is 0 Å². The predicted molar refractivity (Wildman–Crippen MR) is 69.5 cm³/mol. The van der Waals surface area contributed by atoms with Crippen LogP contribution in [0.15, 0.2) is 36.7 Å². The van der Waals surface area contributed by atoms with Crippen LogP contribution in [-0.2, 0) is 11.3 Å². The van der Waals surface area contributed by atoms with Crippen molar-refractivity contribution in [1.82, 2.24) is 14.9 Å². The molecule has 2 heterocycles. The predicted octanol–water partition coefficient (Wildman–Crippen LogP) is 1.10. The van der Waals surface area contributed by atoms with Crippen molar-refractivity contribution in [3.05, 3.63) is 47.5 Å². The Bertz CT molecular complexity index is 553. The van der Waals surface area contributed by atoms with Gasteiger partial charge in [0.05, 0.1) is 12.2 Å². The van der Waals surface area contributed by atoms with E-state index in [1.165, 1.54) is 0 Å². The molecule has 0 fully saturated rings. The van der Waals surface area contributed by atoms with Crippen LogP contribution in [0.1, 0.15) is 5.69 Å². The monoisotopic (exact) mass is 264 g/mol. The summed E-state index contributed by atoms with van der Waals surface area (Å²) >= 11 is 6.05. The van der Waals surface area contributed by atoms with Gasteiger partial charge in [-0.15, -0.1) is 0 Å². The van der Waals surface area contributed by atoms with E-state index in [0.717, 1.165) is 11.4 Å². The van der Waals surface area contributed by atoms with Crippen LogP contribution in [0.2, 0.25) is 5.15 Å². The van der Waals surface area contributed by atoms with Gasteiger partial charge in [-0.2, -0.15) is 0 Å². The molecule has 0 aliphatic carbocycles. The van der Waals surface area contributed by atoms with E-state index >= 15 is 0 Å². The van der Waals surface area contributed by atoms with Gasteiger partial charge in [-0.05, 0) is 24.3 Å². The van der Waals surface area contributed by atoms with E-state index in [0.29, 0.717) is 11.7 Å². The number of rotatable bonds is 5. The van der Waals surface area contributed by atoms with Crippen molar-refractivity contribution in [2.75, 3.05) is 6.54 Å². The van der Waals surface area contributed by atoms with Crippen molar-refractivity contribution >= 4 is 17.5 Å². The number of halogens is 1. The van der Waals surface area contributed by atoms with Gasteiger partial charge in [-0.1, -0.05) is 11.6 Å². The molecule has 0 saturated heterocycles. The van der Waals surface area contributed by atoms with Crippen molar-refractivity contribution in [1.29, 1.82) is 0 Å². The van der Waals surface area contributed by atoms with Crippen molar-refractivity contribution in [2.24, 2.45) is 5.73 Å². The normalized spacial score (nSPS) is 10.5. The molecular formula is C12H13ClN4O. The largest absolute Gasteiger partial charge is 0.369 e. The van der Waals surface area contributed by atoms with E-state index in [-0.39, 0.29) is 12.5 Å². The third-order valence-corrected chi connectivity index (χ3v) is 2.73. The highest BCUT2D eigenvalue weighted by Crippen LogP contribution is 2.19. The average Bonchev–Trinajstić information content (AvgIpc) is 2.77. The molecule has 1 amide bonds. The van der Waals surface area contributed by atoms with E-state index in [1.807, 2.05) is 35.0 Å². The zero-order valence-corrected chi connectivity index (χ0v) is 10.4. The van der Waals surface area contributed by atoms with E-state index in [9.17, 15) is 4.79 Å². The van der Waals surface area contributed by atoms with Crippen LogP contribution >= 0.6 is 11.6 Å². The third-order valence-electron chi connectivity index (χ3n) is 2.44. The summed E-state index contributed by atoms with van der Waals surface area (Å²) in [7, 11) is 0. The average molecular weight is 265 g/mol. The standard InChI is InChI=1S/C12H13ClN4O/c13-12-10(4-1-5-16-12)17-6-2-3-9(17)7-15-8-11(14)18/h1-6,15H,7-8H2,(H2,14,18). The second-order valence-electron chi connectivity index (χ2n) is 3.75. The number of hydrogen-bond acceptors (Lipinski definition) is 3. The van der Waals surface area contributed by atoms with Gasteiger partial charge in [-0.3, -0.25) is 4.79 Å². The van der Waals surface area contributed by atoms with E-state index in [4.69, 9.17) is 17.3 Å². The maximum atomic E-state index is 10.7. The molecule has 0 spiro atoms. The van der Waals surface area contributed by atoms with Crippen molar-refractivity contribution in [3.63, 3.8) is 0 Å². The Morgan fingerprint density at radius 3 is 3.00 bits per heavy atom. The first-order valence-electron chi connectivity index (χ1n) is 5.44. The minimum absolute atomic E-state index is 0.145. The van der Waals surface area contributed by atoms with Gasteiger partial charge in [0.1, 0.15) is 0 Å². The van der Waals surface area contributed by atoms with Gasteiger partial charge in [0.2, 0.25) is 5.91 Å². The Balaban J connectivity index is 2.18. The van der Waals surface area contributed by atoms with Crippen LogP contribution in [0.3, 0.4) is 0 Å². The molecule has 0 radical (unpaired) electrons. The summed E-state index contributed by atoms with van der Waals surface area (Å²) < 4.78 is 1.92. The van der Waals surface area contributed by atoms with Crippen molar-refractivity contribution in [2.45, 2.75) is 6.54 Å². The third kappa shape index (κ3) is 2.88. The minimum atomic E-state index is -0.382. The Labute approximate surface area is 110 Å². The van der Waals surface area contributed by atoms with E-state index in [1.54, 1.807) is 6.20 Å². The highest BCUT2D eigenvalue weighted by Gasteiger charge is 2.07. The highest BCUT2D eigenvalue weighted by molar-refractivity contribution is 6.31. The summed E-state index contributed by atoms with van der Waals surface area (Å²) in [5, 5.41) is 3.39. The van der Waals surface area contributed by atoms with Crippen LogP contribution in [-0.4, -0.2) is 22.0 Å². The number of primary amides is 1. The quantitative estimate of drug-likeness (QED) is 0.795. The molecule has 3 N–H and O–H groups in total. The fourth-order valence-corrected chi connectivity index (χ4v) is 1.88. The summed E-state index contributed by atoms with van der Waals surface area (Å²) in [5.41, 5.74) is 6.85. The Hall–Kier alpha value is -1.85. The van der Waals surface area contributed by atoms with Gasteiger partial charge in [0.15, 0.2) is 5.15 Å². The SMILES string of the molecule is NC(=O)CNCc1cccn1-c1cccnc1Cl. The summed E-state index contributed by atoms with van der Waals surface area (Å²) in [5.74, 6) is -0.382.